The van der Waals surface area contributed by atoms with Gasteiger partial charge in [0.1, 0.15) is 0 Å². The van der Waals surface area contributed by atoms with Crippen LogP contribution in [-0.4, -0.2) is 42.0 Å². The summed E-state index contributed by atoms with van der Waals surface area (Å²) in [6.45, 7) is 9.19. The average Bonchev–Trinajstić information content (AvgIpc) is 2.60. The molecule has 0 saturated carbocycles. The van der Waals surface area contributed by atoms with Crippen LogP contribution in [0, 0.1) is 5.92 Å². The van der Waals surface area contributed by atoms with Crippen LogP contribution < -0.4 is 5.32 Å². The lowest BCUT2D eigenvalue weighted by atomic mass is 9.90. The summed E-state index contributed by atoms with van der Waals surface area (Å²) in [6, 6.07) is 7.46. The van der Waals surface area contributed by atoms with Crippen LogP contribution in [0.4, 0.5) is 0 Å². The monoisotopic (exact) mass is 378 g/mol. The Bertz CT molecular complexity index is 650. The molecule has 0 bridgehead atoms. The van der Waals surface area contributed by atoms with Gasteiger partial charge < -0.3 is 15.0 Å². The van der Waals surface area contributed by atoms with Gasteiger partial charge in [0, 0.05) is 24.7 Å². The van der Waals surface area contributed by atoms with Crippen LogP contribution in [0.1, 0.15) is 32.3 Å². The van der Waals surface area contributed by atoms with Crippen molar-refractivity contribution >= 4 is 23.4 Å². The SMILES string of the molecule is C=CC(=O)NCCN(Cc1cccc(Cl)c1)C(=O)C1CCC(C)(C)OC1. The number of ether oxygens (including phenoxy) is 1. The average molecular weight is 379 g/mol. The fraction of sp³-hybridized carbons (Fsp3) is 0.500. The number of amides is 2. The van der Waals surface area contributed by atoms with Gasteiger partial charge in [-0.1, -0.05) is 30.3 Å². The summed E-state index contributed by atoms with van der Waals surface area (Å²) in [5.41, 5.74) is 0.782. The molecule has 5 nitrogen and oxygen atoms in total. The van der Waals surface area contributed by atoms with Crippen LogP contribution in [0.3, 0.4) is 0 Å². The second kappa shape index (κ2) is 9.19. The number of carbonyl (C=O) groups is 2. The zero-order valence-corrected chi connectivity index (χ0v) is 16.2. The molecule has 0 aromatic heterocycles. The molecule has 1 fully saturated rings. The van der Waals surface area contributed by atoms with Crippen molar-refractivity contribution in [3.05, 3.63) is 47.5 Å². The van der Waals surface area contributed by atoms with Crippen LogP contribution in [0.2, 0.25) is 5.02 Å². The molecule has 1 aromatic rings. The molecule has 6 heteroatoms. The summed E-state index contributed by atoms with van der Waals surface area (Å²) in [4.78, 5) is 26.2. The van der Waals surface area contributed by atoms with Crippen LogP contribution in [-0.2, 0) is 20.9 Å². The molecule has 0 spiro atoms. The van der Waals surface area contributed by atoms with Crippen molar-refractivity contribution in [3.8, 4) is 0 Å². The van der Waals surface area contributed by atoms with Crippen molar-refractivity contribution < 1.29 is 14.3 Å². The van der Waals surface area contributed by atoms with Gasteiger partial charge >= 0.3 is 0 Å². The lowest BCUT2D eigenvalue weighted by molar-refractivity contribution is -0.147. The first kappa shape index (κ1) is 20.5. The molecular weight excluding hydrogens is 352 g/mol. The molecule has 0 aliphatic carbocycles. The van der Waals surface area contributed by atoms with E-state index in [4.69, 9.17) is 16.3 Å². The van der Waals surface area contributed by atoms with Gasteiger partial charge in [0.05, 0.1) is 18.1 Å². The van der Waals surface area contributed by atoms with E-state index in [0.29, 0.717) is 31.3 Å². The normalized spacial score (nSPS) is 18.8. The van der Waals surface area contributed by atoms with Crippen molar-refractivity contribution in [2.45, 2.75) is 38.8 Å². The molecule has 1 aliphatic rings. The smallest absolute Gasteiger partial charge is 0.243 e. The van der Waals surface area contributed by atoms with Crippen molar-refractivity contribution in [3.63, 3.8) is 0 Å². The third-order valence-corrected chi connectivity index (χ3v) is 4.79. The fourth-order valence-electron chi connectivity index (χ4n) is 2.97. The van der Waals surface area contributed by atoms with Crippen molar-refractivity contribution in [1.82, 2.24) is 10.2 Å². The van der Waals surface area contributed by atoms with E-state index in [2.05, 4.69) is 11.9 Å². The van der Waals surface area contributed by atoms with E-state index in [-0.39, 0.29) is 23.3 Å². The summed E-state index contributed by atoms with van der Waals surface area (Å²) < 4.78 is 5.83. The van der Waals surface area contributed by atoms with E-state index in [1.807, 2.05) is 32.0 Å². The Morgan fingerprint density at radius 1 is 1.46 bits per heavy atom. The van der Waals surface area contributed by atoms with Crippen molar-refractivity contribution in [2.75, 3.05) is 19.7 Å². The van der Waals surface area contributed by atoms with Crippen LogP contribution >= 0.6 is 11.6 Å². The highest BCUT2D eigenvalue weighted by Crippen LogP contribution is 2.28. The number of carbonyl (C=O) groups excluding carboxylic acids is 2. The number of rotatable bonds is 7. The highest BCUT2D eigenvalue weighted by Gasteiger charge is 2.33. The topological polar surface area (TPSA) is 58.6 Å². The minimum absolute atomic E-state index is 0.0494. The molecule has 1 atom stereocenters. The van der Waals surface area contributed by atoms with Gasteiger partial charge in [-0.3, -0.25) is 9.59 Å². The predicted molar refractivity (Wildman–Crippen MR) is 103 cm³/mol. The van der Waals surface area contributed by atoms with Crippen LogP contribution in [0.15, 0.2) is 36.9 Å². The molecule has 1 saturated heterocycles. The van der Waals surface area contributed by atoms with E-state index in [1.165, 1.54) is 6.08 Å². The van der Waals surface area contributed by atoms with E-state index in [0.717, 1.165) is 18.4 Å². The maximum Gasteiger partial charge on any atom is 0.243 e. The number of nitrogens with one attached hydrogen (secondary N) is 1. The molecule has 2 amide bonds. The number of nitrogens with zero attached hydrogens (tertiary/aromatic N) is 1. The molecule has 1 unspecified atom stereocenters. The minimum atomic E-state index is -0.247. The van der Waals surface area contributed by atoms with Gasteiger partial charge in [-0.25, -0.2) is 0 Å². The van der Waals surface area contributed by atoms with Gasteiger partial charge in [-0.2, -0.15) is 0 Å². The van der Waals surface area contributed by atoms with Gasteiger partial charge in [0.25, 0.3) is 0 Å². The Morgan fingerprint density at radius 3 is 2.85 bits per heavy atom. The third kappa shape index (κ3) is 6.15. The van der Waals surface area contributed by atoms with Gasteiger partial charge in [-0.15, -0.1) is 0 Å². The minimum Gasteiger partial charge on any atom is -0.375 e. The predicted octanol–water partition coefficient (Wildman–Crippen LogP) is 3.18. The molecule has 1 aromatic carbocycles. The van der Waals surface area contributed by atoms with Gasteiger partial charge in [0.15, 0.2) is 0 Å². The second-order valence-corrected chi connectivity index (χ2v) is 7.63. The lowest BCUT2D eigenvalue weighted by Crippen LogP contribution is -2.45. The maximum atomic E-state index is 13.0. The maximum absolute atomic E-state index is 13.0. The first-order chi connectivity index (χ1) is 12.3. The molecule has 142 valence electrons. The summed E-state index contributed by atoms with van der Waals surface area (Å²) in [7, 11) is 0. The zero-order valence-electron chi connectivity index (χ0n) is 15.5. The number of halogens is 1. The zero-order chi connectivity index (χ0) is 19.2. The Labute approximate surface area is 160 Å². The molecular formula is C20H27ClN2O3. The van der Waals surface area contributed by atoms with Gasteiger partial charge in [0.2, 0.25) is 11.8 Å². The Kier molecular flexibility index (Phi) is 7.23. The van der Waals surface area contributed by atoms with E-state index in [9.17, 15) is 9.59 Å². The van der Waals surface area contributed by atoms with Crippen LogP contribution in [0.25, 0.3) is 0 Å². The molecule has 0 radical (unpaired) electrons. The van der Waals surface area contributed by atoms with Crippen molar-refractivity contribution in [1.29, 1.82) is 0 Å². The van der Waals surface area contributed by atoms with E-state index in [1.54, 1.807) is 11.0 Å². The highest BCUT2D eigenvalue weighted by molar-refractivity contribution is 6.30. The second-order valence-electron chi connectivity index (χ2n) is 7.19. The van der Waals surface area contributed by atoms with E-state index < -0.39 is 0 Å². The molecule has 1 heterocycles. The molecule has 1 N–H and O–H groups in total. The standard InChI is InChI=1S/C20H27ClN2O3/c1-4-18(24)22-10-11-23(13-15-6-5-7-17(21)12-15)19(25)16-8-9-20(2,3)26-14-16/h4-7,12,16H,1,8-11,13-14H2,2-3H3,(H,22,24). The summed E-state index contributed by atoms with van der Waals surface area (Å²) in [6.07, 6.45) is 2.87. The Balaban J connectivity index is 2.04. The number of hydrogen-bond donors (Lipinski definition) is 1. The quantitative estimate of drug-likeness (QED) is 0.741. The largest absolute Gasteiger partial charge is 0.375 e. The summed E-state index contributed by atoms with van der Waals surface area (Å²) >= 11 is 6.06. The Morgan fingerprint density at radius 2 is 2.23 bits per heavy atom. The van der Waals surface area contributed by atoms with Crippen LogP contribution in [0.5, 0.6) is 0 Å². The van der Waals surface area contributed by atoms with Crippen molar-refractivity contribution in [2.24, 2.45) is 5.92 Å². The highest BCUT2D eigenvalue weighted by atomic mass is 35.5. The number of benzene rings is 1. The third-order valence-electron chi connectivity index (χ3n) is 4.56. The first-order valence-corrected chi connectivity index (χ1v) is 9.26. The first-order valence-electron chi connectivity index (χ1n) is 8.88. The summed E-state index contributed by atoms with van der Waals surface area (Å²) in [5, 5.41) is 3.36. The molecule has 26 heavy (non-hydrogen) atoms. The fourth-order valence-corrected chi connectivity index (χ4v) is 3.18. The lowest BCUT2D eigenvalue weighted by Gasteiger charge is -2.36. The summed E-state index contributed by atoms with van der Waals surface area (Å²) in [5.74, 6) is -0.353. The number of hydrogen-bond acceptors (Lipinski definition) is 3. The van der Waals surface area contributed by atoms with E-state index >= 15 is 0 Å². The van der Waals surface area contributed by atoms with Gasteiger partial charge in [-0.05, 0) is 50.5 Å². The molecule has 1 aliphatic heterocycles. The molecule has 2 rings (SSSR count). The Hall–Kier alpha value is -1.85.